The zero-order valence-corrected chi connectivity index (χ0v) is 11.0. The summed E-state index contributed by atoms with van der Waals surface area (Å²) in [6.07, 6.45) is 6.18. The molecule has 2 rings (SSSR count). The molecule has 5 nitrogen and oxygen atoms in total. The van der Waals surface area contributed by atoms with Crippen molar-refractivity contribution in [3.05, 3.63) is 11.3 Å². The minimum Gasteiger partial charge on any atom is -0.477 e. The molecule has 0 radical (unpaired) electrons. The largest absolute Gasteiger partial charge is 0.477 e. The van der Waals surface area contributed by atoms with Crippen LogP contribution in [0, 0.1) is 12.8 Å². The van der Waals surface area contributed by atoms with Gasteiger partial charge in [-0.15, -0.1) is 0 Å². The first-order valence-corrected chi connectivity index (χ1v) is 6.49. The molecule has 0 aromatic carbocycles. The van der Waals surface area contributed by atoms with Gasteiger partial charge in [-0.25, -0.2) is 9.48 Å². The van der Waals surface area contributed by atoms with Crippen LogP contribution in [0.15, 0.2) is 0 Å². The Bertz CT molecular complexity index is 434. The normalized spacial score (nSPS) is 16.8. The van der Waals surface area contributed by atoms with Crippen LogP contribution in [0.25, 0.3) is 0 Å². The third-order valence-electron chi connectivity index (χ3n) is 3.56. The summed E-state index contributed by atoms with van der Waals surface area (Å²) in [7, 11) is 1.72. The summed E-state index contributed by atoms with van der Waals surface area (Å²) < 4.78 is 7.22. The van der Waals surface area contributed by atoms with E-state index in [1.165, 1.54) is 36.8 Å². The Labute approximate surface area is 107 Å². The maximum Gasteiger partial charge on any atom is 0.343 e. The van der Waals surface area contributed by atoms with Crippen molar-refractivity contribution in [2.75, 3.05) is 6.61 Å². The summed E-state index contributed by atoms with van der Waals surface area (Å²) in [5.74, 6) is -0.0413. The maximum absolute atomic E-state index is 11.2. The van der Waals surface area contributed by atoms with Gasteiger partial charge in [0.2, 0.25) is 5.88 Å². The van der Waals surface area contributed by atoms with Crippen LogP contribution in [0.5, 0.6) is 5.88 Å². The SMILES string of the molecule is Cc1nn(C)c(OCC2CCCCC2)c1C(=O)O. The van der Waals surface area contributed by atoms with Crippen molar-refractivity contribution in [3.63, 3.8) is 0 Å². The molecule has 1 heterocycles. The highest BCUT2D eigenvalue weighted by molar-refractivity contribution is 5.91. The van der Waals surface area contributed by atoms with E-state index in [2.05, 4.69) is 5.10 Å². The van der Waals surface area contributed by atoms with E-state index in [4.69, 9.17) is 9.84 Å². The topological polar surface area (TPSA) is 64.4 Å². The number of aryl methyl sites for hydroxylation is 2. The van der Waals surface area contributed by atoms with Crippen molar-refractivity contribution in [2.45, 2.75) is 39.0 Å². The second kappa shape index (κ2) is 5.42. The molecule has 18 heavy (non-hydrogen) atoms. The minimum absolute atomic E-state index is 0.188. The third kappa shape index (κ3) is 2.66. The van der Waals surface area contributed by atoms with E-state index in [1.807, 2.05) is 0 Å². The Balaban J connectivity index is 2.06. The van der Waals surface area contributed by atoms with E-state index >= 15 is 0 Å². The van der Waals surface area contributed by atoms with Crippen LogP contribution in [0.2, 0.25) is 0 Å². The maximum atomic E-state index is 11.2. The van der Waals surface area contributed by atoms with Crippen molar-refractivity contribution < 1.29 is 14.6 Å². The Morgan fingerprint density at radius 1 is 1.44 bits per heavy atom. The molecule has 1 aliphatic carbocycles. The first-order chi connectivity index (χ1) is 8.59. The summed E-state index contributed by atoms with van der Waals surface area (Å²) in [5.41, 5.74) is 0.692. The summed E-state index contributed by atoms with van der Waals surface area (Å²) >= 11 is 0. The molecule has 1 saturated carbocycles. The number of rotatable bonds is 4. The first-order valence-electron chi connectivity index (χ1n) is 6.49. The number of nitrogens with zero attached hydrogens (tertiary/aromatic N) is 2. The van der Waals surface area contributed by atoms with Gasteiger partial charge in [-0.3, -0.25) is 0 Å². The van der Waals surface area contributed by atoms with E-state index in [9.17, 15) is 4.79 Å². The number of aromatic carboxylic acids is 1. The third-order valence-corrected chi connectivity index (χ3v) is 3.56. The number of carboxylic acid groups (broad SMARTS) is 1. The number of carboxylic acids is 1. The van der Waals surface area contributed by atoms with Crippen LogP contribution in [-0.2, 0) is 7.05 Å². The van der Waals surface area contributed by atoms with Gasteiger partial charge in [0.05, 0.1) is 12.3 Å². The van der Waals surface area contributed by atoms with E-state index in [-0.39, 0.29) is 5.56 Å². The van der Waals surface area contributed by atoms with E-state index < -0.39 is 5.97 Å². The quantitative estimate of drug-likeness (QED) is 0.893. The summed E-state index contributed by atoms with van der Waals surface area (Å²) in [6.45, 7) is 2.29. The van der Waals surface area contributed by atoms with Crippen molar-refractivity contribution in [1.29, 1.82) is 0 Å². The van der Waals surface area contributed by atoms with Crippen LogP contribution in [0.1, 0.15) is 48.2 Å². The number of hydrogen-bond donors (Lipinski definition) is 1. The molecule has 1 aromatic heterocycles. The number of hydrogen-bond acceptors (Lipinski definition) is 3. The average molecular weight is 252 g/mol. The lowest BCUT2D eigenvalue weighted by molar-refractivity contribution is 0.0689. The van der Waals surface area contributed by atoms with Gasteiger partial charge in [0, 0.05) is 7.05 Å². The molecule has 1 aliphatic rings. The van der Waals surface area contributed by atoms with Gasteiger partial charge in [-0.05, 0) is 25.7 Å². The predicted octanol–water partition coefficient (Wildman–Crippen LogP) is 2.39. The average Bonchev–Trinajstić information content (AvgIpc) is 2.62. The second-order valence-electron chi connectivity index (χ2n) is 5.01. The lowest BCUT2D eigenvalue weighted by Crippen LogP contribution is -2.17. The van der Waals surface area contributed by atoms with Gasteiger partial charge >= 0.3 is 5.97 Å². The fraction of sp³-hybridized carbons (Fsp3) is 0.692. The molecule has 0 unspecified atom stereocenters. The lowest BCUT2D eigenvalue weighted by atomic mass is 9.90. The lowest BCUT2D eigenvalue weighted by Gasteiger charge is -2.21. The van der Waals surface area contributed by atoms with Gasteiger partial charge in [-0.2, -0.15) is 5.10 Å². The predicted molar refractivity (Wildman–Crippen MR) is 67.0 cm³/mol. The number of carbonyl (C=O) groups is 1. The summed E-state index contributed by atoms with van der Waals surface area (Å²) in [5, 5.41) is 13.3. The van der Waals surface area contributed by atoms with Crippen molar-refractivity contribution >= 4 is 5.97 Å². The van der Waals surface area contributed by atoms with Gasteiger partial charge in [-0.1, -0.05) is 19.3 Å². The Morgan fingerprint density at radius 3 is 2.72 bits per heavy atom. The van der Waals surface area contributed by atoms with Crippen LogP contribution in [0.4, 0.5) is 0 Å². The fourth-order valence-corrected chi connectivity index (χ4v) is 2.60. The molecule has 100 valence electrons. The van der Waals surface area contributed by atoms with Gasteiger partial charge in [0.15, 0.2) is 0 Å². The highest BCUT2D eigenvalue weighted by atomic mass is 16.5. The highest BCUT2D eigenvalue weighted by Crippen LogP contribution is 2.26. The second-order valence-corrected chi connectivity index (χ2v) is 5.01. The first kappa shape index (κ1) is 12.9. The number of aromatic nitrogens is 2. The molecule has 0 amide bonds. The molecular weight excluding hydrogens is 232 g/mol. The molecule has 0 aliphatic heterocycles. The smallest absolute Gasteiger partial charge is 0.343 e. The molecule has 1 aromatic rings. The van der Waals surface area contributed by atoms with E-state index in [0.29, 0.717) is 24.1 Å². The zero-order chi connectivity index (χ0) is 13.1. The zero-order valence-electron chi connectivity index (χ0n) is 11.0. The molecule has 0 bridgehead atoms. The monoisotopic (exact) mass is 252 g/mol. The Hall–Kier alpha value is -1.52. The molecule has 5 heteroatoms. The van der Waals surface area contributed by atoms with E-state index in [0.717, 1.165) is 0 Å². The van der Waals surface area contributed by atoms with E-state index in [1.54, 1.807) is 14.0 Å². The molecule has 0 spiro atoms. The van der Waals surface area contributed by atoms with Crippen molar-refractivity contribution in [2.24, 2.45) is 13.0 Å². The summed E-state index contributed by atoms with van der Waals surface area (Å²) in [6, 6.07) is 0. The van der Waals surface area contributed by atoms with Gasteiger partial charge in [0.25, 0.3) is 0 Å². The van der Waals surface area contributed by atoms with Gasteiger partial charge < -0.3 is 9.84 Å². The van der Waals surface area contributed by atoms with Crippen LogP contribution < -0.4 is 4.74 Å². The molecule has 0 saturated heterocycles. The highest BCUT2D eigenvalue weighted by Gasteiger charge is 2.22. The van der Waals surface area contributed by atoms with Crippen LogP contribution in [0.3, 0.4) is 0 Å². The Morgan fingerprint density at radius 2 is 2.11 bits per heavy atom. The van der Waals surface area contributed by atoms with Crippen molar-refractivity contribution in [3.8, 4) is 5.88 Å². The molecule has 0 atom stereocenters. The Kier molecular flexibility index (Phi) is 3.89. The summed E-state index contributed by atoms with van der Waals surface area (Å²) in [4.78, 5) is 11.2. The van der Waals surface area contributed by atoms with Crippen LogP contribution >= 0.6 is 0 Å². The van der Waals surface area contributed by atoms with Crippen molar-refractivity contribution in [1.82, 2.24) is 9.78 Å². The molecule has 1 fully saturated rings. The van der Waals surface area contributed by atoms with Gasteiger partial charge in [0.1, 0.15) is 5.56 Å². The fourth-order valence-electron chi connectivity index (χ4n) is 2.60. The molecule has 1 N–H and O–H groups in total. The minimum atomic E-state index is -0.973. The number of ether oxygens (including phenoxy) is 1. The molecular formula is C13H20N2O3. The van der Waals surface area contributed by atoms with Crippen LogP contribution in [-0.4, -0.2) is 27.5 Å². The standard InChI is InChI=1S/C13H20N2O3/c1-9-11(13(16)17)12(15(2)14-9)18-8-10-6-4-3-5-7-10/h10H,3-8H2,1-2H3,(H,16,17).